The van der Waals surface area contributed by atoms with E-state index < -0.39 is 0 Å². The number of hydrogen-bond acceptors (Lipinski definition) is 3. The summed E-state index contributed by atoms with van der Waals surface area (Å²) in [5.74, 6) is 0.493. The van der Waals surface area contributed by atoms with E-state index in [1.807, 2.05) is 4.90 Å². The molecule has 2 rings (SSSR count). The summed E-state index contributed by atoms with van der Waals surface area (Å²) in [5, 5.41) is 9.02. The van der Waals surface area contributed by atoms with E-state index in [0.29, 0.717) is 25.4 Å². The first-order valence-corrected chi connectivity index (χ1v) is 6.37. The van der Waals surface area contributed by atoms with Gasteiger partial charge in [0, 0.05) is 32.7 Å². The Labute approximate surface area is 101 Å². The first-order chi connectivity index (χ1) is 8.20. The third kappa shape index (κ3) is 2.97. The van der Waals surface area contributed by atoms with Crippen molar-refractivity contribution in [2.24, 2.45) is 5.92 Å². The Hall–Kier alpha value is -1.10. The number of rotatable bonds is 3. The van der Waals surface area contributed by atoms with Crippen LogP contribution in [0.3, 0.4) is 0 Å². The minimum atomic E-state index is 0.0524. The lowest BCUT2D eigenvalue weighted by Gasteiger charge is -2.32. The van der Waals surface area contributed by atoms with Gasteiger partial charge in [0.2, 0.25) is 11.8 Å². The standard InChI is InChI=1S/C12H20N2O3/c15-9-10-3-6-13(7-4-10)12(17)8-14-5-1-2-11(14)16/h10,15H,1-9H2. The molecule has 1 N–H and O–H groups in total. The van der Waals surface area contributed by atoms with Crippen molar-refractivity contribution in [3.63, 3.8) is 0 Å². The first-order valence-electron chi connectivity index (χ1n) is 6.37. The molecule has 5 heteroatoms. The van der Waals surface area contributed by atoms with Crippen LogP contribution in [0.4, 0.5) is 0 Å². The molecule has 0 atom stereocenters. The van der Waals surface area contributed by atoms with E-state index >= 15 is 0 Å². The highest BCUT2D eigenvalue weighted by atomic mass is 16.3. The lowest BCUT2D eigenvalue weighted by molar-refractivity contribution is -0.139. The Morgan fingerprint density at radius 2 is 2.00 bits per heavy atom. The summed E-state index contributed by atoms with van der Waals surface area (Å²) in [6, 6.07) is 0. The Kier molecular flexibility index (Phi) is 3.99. The van der Waals surface area contributed by atoms with Crippen LogP contribution in [0.2, 0.25) is 0 Å². The van der Waals surface area contributed by atoms with Gasteiger partial charge in [0.15, 0.2) is 0 Å². The van der Waals surface area contributed by atoms with Gasteiger partial charge in [-0.1, -0.05) is 0 Å². The monoisotopic (exact) mass is 240 g/mol. The van der Waals surface area contributed by atoms with E-state index in [-0.39, 0.29) is 25.0 Å². The lowest BCUT2D eigenvalue weighted by atomic mass is 9.98. The van der Waals surface area contributed by atoms with Gasteiger partial charge >= 0.3 is 0 Å². The van der Waals surface area contributed by atoms with Gasteiger partial charge in [-0.15, -0.1) is 0 Å². The number of carbonyl (C=O) groups is 2. The lowest BCUT2D eigenvalue weighted by Crippen LogP contribution is -2.44. The number of amides is 2. The van der Waals surface area contributed by atoms with Gasteiger partial charge in [0.05, 0.1) is 6.54 Å². The second kappa shape index (κ2) is 5.49. The predicted octanol–water partition coefficient (Wildman–Crippen LogP) is -0.160. The summed E-state index contributed by atoms with van der Waals surface area (Å²) >= 11 is 0. The third-order valence-corrected chi connectivity index (χ3v) is 3.72. The van der Waals surface area contributed by atoms with Gasteiger partial charge < -0.3 is 14.9 Å². The average Bonchev–Trinajstić information content (AvgIpc) is 2.75. The summed E-state index contributed by atoms with van der Waals surface area (Å²) in [6.07, 6.45) is 3.20. The zero-order valence-corrected chi connectivity index (χ0v) is 10.1. The van der Waals surface area contributed by atoms with Crippen molar-refractivity contribution in [3.8, 4) is 0 Å². The van der Waals surface area contributed by atoms with Crippen LogP contribution >= 0.6 is 0 Å². The Morgan fingerprint density at radius 3 is 2.53 bits per heavy atom. The molecule has 0 aromatic heterocycles. The van der Waals surface area contributed by atoms with Crippen molar-refractivity contribution >= 4 is 11.8 Å². The normalized spacial score (nSPS) is 22.3. The molecule has 0 aliphatic carbocycles. The van der Waals surface area contributed by atoms with Gasteiger partial charge in [0.25, 0.3) is 0 Å². The number of hydrogen-bond donors (Lipinski definition) is 1. The quantitative estimate of drug-likeness (QED) is 0.745. The fourth-order valence-corrected chi connectivity index (χ4v) is 2.50. The fraction of sp³-hybridized carbons (Fsp3) is 0.833. The molecule has 0 spiro atoms. The second-order valence-corrected chi connectivity index (χ2v) is 4.93. The minimum absolute atomic E-state index is 0.0524. The minimum Gasteiger partial charge on any atom is -0.396 e. The van der Waals surface area contributed by atoms with Crippen molar-refractivity contribution in [3.05, 3.63) is 0 Å². The molecule has 2 heterocycles. The molecule has 5 nitrogen and oxygen atoms in total. The van der Waals surface area contributed by atoms with Crippen molar-refractivity contribution in [2.75, 3.05) is 32.8 Å². The van der Waals surface area contributed by atoms with E-state index in [4.69, 9.17) is 5.11 Å². The summed E-state index contributed by atoms with van der Waals surface area (Å²) in [5.41, 5.74) is 0. The van der Waals surface area contributed by atoms with Crippen molar-refractivity contribution in [2.45, 2.75) is 25.7 Å². The number of piperidine rings is 1. The highest BCUT2D eigenvalue weighted by Gasteiger charge is 2.27. The fourth-order valence-electron chi connectivity index (χ4n) is 2.50. The summed E-state index contributed by atoms with van der Waals surface area (Å²) in [6.45, 7) is 2.60. The number of nitrogens with zero attached hydrogens (tertiary/aromatic N) is 2. The summed E-state index contributed by atoms with van der Waals surface area (Å²) in [7, 11) is 0. The molecule has 0 aromatic rings. The molecule has 0 radical (unpaired) electrons. The van der Waals surface area contributed by atoms with Crippen molar-refractivity contribution in [1.29, 1.82) is 0 Å². The molecule has 2 aliphatic heterocycles. The van der Waals surface area contributed by atoms with Crippen LogP contribution in [0.15, 0.2) is 0 Å². The number of likely N-dealkylation sites (tertiary alicyclic amines) is 2. The maximum absolute atomic E-state index is 12.0. The molecular formula is C12H20N2O3. The maximum atomic E-state index is 12.0. The van der Waals surface area contributed by atoms with Crippen LogP contribution in [0.1, 0.15) is 25.7 Å². The molecule has 2 saturated heterocycles. The van der Waals surface area contributed by atoms with Crippen LogP contribution in [0.5, 0.6) is 0 Å². The number of aliphatic hydroxyl groups excluding tert-OH is 1. The Morgan fingerprint density at radius 1 is 1.29 bits per heavy atom. The number of carbonyl (C=O) groups excluding carboxylic acids is 2. The van der Waals surface area contributed by atoms with Gasteiger partial charge in [-0.25, -0.2) is 0 Å². The molecule has 2 fully saturated rings. The highest BCUT2D eigenvalue weighted by Crippen LogP contribution is 2.17. The molecule has 0 saturated carbocycles. The van der Waals surface area contributed by atoms with Crippen LogP contribution in [0, 0.1) is 5.92 Å². The number of aliphatic hydroxyl groups is 1. The van der Waals surface area contributed by atoms with Crippen LogP contribution < -0.4 is 0 Å². The maximum Gasteiger partial charge on any atom is 0.242 e. The Balaban J connectivity index is 1.78. The molecular weight excluding hydrogens is 220 g/mol. The first kappa shape index (κ1) is 12.4. The molecule has 0 unspecified atom stereocenters. The smallest absolute Gasteiger partial charge is 0.242 e. The summed E-state index contributed by atoms with van der Waals surface area (Å²) < 4.78 is 0. The predicted molar refractivity (Wildman–Crippen MR) is 62.2 cm³/mol. The molecule has 2 aliphatic rings. The van der Waals surface area contributed by atoms with Gasteiger partial charge in [0.1, 0.15) is 0 Å². The van der Waals surface area contributed by atoms with Crippen LogP contribution in [-0.2, 0) is 9.59 Å². The molecule has 2 amide bonds. The molecule has 0 aromatic carbocycles. The Bertz CT molecular complexity index is 298. The highest BCUT2D eigenvalue weighted by molar-refractivity contribution is 5.85. The van der Waals surface area contributed by atoms with Crippen LogP contribution in [0.25, 0.3) is 0 Å². The zero-order valence-electron chi connectivity index (χ0n) is 10.1. The van der Waals surface area contributed by atoms with E-state index in [9.17, 15) is 9.59 Å². The third-order valence-electron chi connectivity index (χ3n) is 3.72. The van der Waals surface area contributed by atoms with Gasteiger partial charge in [-0.05, 0) is 25.2 Å². The van der Waals surface area contributed by atoms with E-state index in [1.165, 1.54) is 0 Å². The average molecular weight is 240 g/mol. The SMILES string of the molecule is O=C(CN1CCCC1=O)N1CCC(CO)CC1. The van der Waals surface area contributed by atoms with Gasteiger partial charge in [-0.3, -0.25) is 9.59 Å². The van der Waals surface area contributed by atoms with Crippen molar-refractivity contribution in [1.82, 2.24) is 9.80 Å². The zero-order chi connectivity index (χ0) is 12.3. The van der Waals surface area contributed by atoms with E-state index in [2.05, 4.69) is 0 Å². The van der Waals surface area contributed by atoms with Crippen LogP contribution in [-0.4, -0.2) is 59.5 Å². The molecule has 0 bridgehead atoms. The van der Waals surface area contributed by atoms with E-state index in [0.717, 1.165) is 25.8 Å². The van der Waals surface area contributed by atoms with E-state index in [1.54, 1.807) is 4.90 Å². The second-order valence-electron chi connectivity index (χ2n) is 4.93. The molecule has 17 heavy (non-hydrogen) atoms. The summed E-state index contributed by atoms with van der Waals surface area (Å²) in [4.78, 5) is 26.8. The van der Waals surface area contributed by atoms with Gasteiger partial charge in [-0.2, -0.15) is 0 Å². The molecule has 96 valence electrons. The largest absolute Gasteiger partial charge is 0.396 e. The van der Waals surface area contributed by atoms with Crippen molar-refractivity contribution < 1.29 is 14.7 Å². The topological polar surface area (TPSA) is 60.9 Å².